The summed E-state index contributed by atoms with van der Waals surface area (Å²) in [5.41, 5.74) is 0. The highest BCUT2D eigenvalue weighted by molar-refractivity contribution is 7.90. The molecule has 0 aliphatic carbocycles. The number of hydrogen-bond acceptors (Lipinski definition) is 4. The molecule has 78 valence electrons. The molecule has 1 heterocycles. The van der Waals surface area contributed by atoms with Crippen molar-refractivity contribution in [2.24, 2.45) is 0 Å². The Hall–Kier alpha value is -0.980. The van der Waals surface area contributed by atoms with Gasteiger partial charge >= 0.3 is 0 Å². The maximum Gasteiger partial charge on any atom is 0.137 e. The van der Waals surface area contributed by atoms with E-state index in [1.54, 1.807) is 18.3 Å². The minimum Gasteiger partial charge on any atom is -0.296 e. The van der Waals surface area contributed by atoms with Crippen molar-refractivity contribution in [3.63, 3.8) is 0 Å². The number of pyridine rings is 1. The second-order valence-electron chi connectivity index (χ2n) is 3.13. The minimum atomic E-state index is -2.91. The van der Waals surface area contributed by atoms with Crippen LogP contribution in [0.2, 0.25) is 0 Å². The summed E-state index contributed by atoms with van der Waals surface area (Å²) in [6.45, 7) is 0.400. The van der Waals surface area contributed by atoms with Crippen molar-refractivity contribution in [1.82, 2.24) is 14.6 Å². The molecule has 1 aromatic rings. The zero-order valence-corrected chi connectivity index (χ0v) is 9.04. The lowest BCUT2D eigenvalue weighted by molar-refractivity contribution is 0.403. The van der Waals surface area contributed by atoms with Crippen LogP contribution in [-0.4, -0.2) is 34.9 Å². The van der Waals surface area contributed by atoms with Crippen LogP contribution in [0.4, 0.5) is 0 Å². The van der Waals surface area contributed by atoms with Crippen LogP contribution in [-0.2, 0) is 9.92 Å². The monoisotopic (exact) mass is 214 g/mol. The van der Waals surface area contributed by atoms with E-state index in [9.17, 15) is 4.21 Å². The van der Waals surface area contributed by atoms with Gasteiger partial charge in [0.1, 0.15) is 9.92 Å². The van der Waals surface area contributed by atoms with Crippen LogP contribution in [0.1, 0.15) is 0 Å². The Bertz CT molecular complexity index is 374. The van der Waals surface area contributed by atoms with Gasteiger partial charge in [0.05, 0.1) is 11.6 Å². The molecule has 0 saturated heterocycles. The van der Waals surface area contributed by atoms with Gasteiger partial charge in [-0.25, -0.2) is 13.7 Å². The van der Waals surface area contributed by atoms with Crippen molar-refractivity contribution in [3.05, 3.63) is 24.5 Å². The summed E-state index contributed by atoms with van der Waals surface area (Å²) in [7, 11) is 0.769. The lowest BCUT2D eigenvalue weighted by atomic mass is 10.5. The van der Waals surface area contributed by atoms with Crippen molar-refractivity contribution in [2.45, 2.75) is 4.90 Å². The Morgan fingerprint density at radius 3 is 2.86 bits per heavy atom. The van der Waals surface area contributed by atoms with Gasteiger partial charge < -0.3 is 0 Å². The molecule has 1 unspecified atom stereocenters. The van der Waals surface area contributed by atoms with Gasteiger partial charge in [-0.05, 0) is 26.2 Å². The molecule has 1 rings (SSSR count). The fraction of sp³-hybridized carbons (Fsp3) is 0.375. The molecule has 2 N–H and O–H groups in total. The Balaban J connectivity index is 2.77. The van der Waals surface area contributed by atoms with Crippen LogP contribution < -0.4 is 4.72 Å². The molecule has 0 bridgehead atoms. The molecule has 5 nitrogen and oxygen atoms in total. The highest BCUT2D eigenvalue weighted by Gasteiger charge is 2.08. The predicted octanol–water partition coefficient (Wildman–Crippen LogP) is 0.511. The van der Waals surface area contributed by atoms with Crippen LogP contribution in [0.3, 0.4) is 0 Å². The zero-order valence-electron chi connectivity index (χ0n) is 8.23. The first-order valence-electron chi connectivity index (χ1n) is 4.10. The molecule has 0 saturated carbocycles. The molecule has 1 atom stereocenters. The number of nitrogens with one attached hydrogen (secondary N) is 2. The third kappa shape index (κ3) is 3.06. The van der Waals surface area contributed by atoms with Crippen molar-refractivity contribution >= 4 is 9.92 Å². The summed E-state index contributed by atoms with van der Waals surface area (Å²) in [4.78, 5) is 6.04. The summed E-state index contributed by atoms with van der Waals surface area (Å²) >= 11 is 0. The number of rotatable bonds is 4. The van der Waals surface area contributed by atoms with E-state index in [4.69, 9.17) is 4.78 Å². The van der Waals surface area contributed by atoms with E-state index in [0.29, 0.717) is 11.6 Å². The molecule has 0 aliphatic heterocycles. The van der Waals surface area contributed by atoms with Crippen LogP contribution in [0.25, 0.3) is 0 Å². The Labute approximate surface area is 84.3 Å². The average Bonchev–Trinajstić information content (AvgIpc) is 2.16. The average molecular weight is 214 g/mol. The number of hydrogen-bond donors (Lipinski definition) is 2. The maximum atomic E-state index is 11.8. The number of aromatic nitrogens is 1. The van der Waals surface area contributed by atoms with Gasteiger partial charge in [0.15, 0.2) is 0 Å². The molecule has 6 heteroatoms. The molecule has 0 amide bonds. The van der Waals surface area contributed by atoms with Gasteiger partial charge in [-0.15, -0.1) is 0 Å². The SMILES string of the molecule is CN(C)CNS(=N)(=O)c1cccnc1. The van der Waals surface area contributed by atoms with Crippen LogP contribution in [0.15, 0.2) is 29.4 Å². The topological polar surface area (TPSA) is 69.1 Å². The quantitative estimate of drug-likeness (QED) is 0.718. The zero-order chi connectivity index (χ0) is 10.6. The largest absolute Gasteiger partial charge is 0.296 e. The molecule has 0 fully saturated rings. The van der Waals surface area contributed by atoms with E-state index < -0.39 is 9.92 Å². The maximum absolute atomic E-state index is 11.8. The van der Waals surface area contributed by atoms with Gasteiger partial charge in [-0.2, -0.15) is 0 Å². The van der Waals surface area contributed by atoms with Crippen molar-refractivity contribution < 1.29 is 4.21 Å². The smallest absolute Gasteiger partial charge is 0.137 e. The third-order valence-corrected chi connectivity index (χ3v) is 2.99. The molecule has 14 heavy (non-hydrogen) atoms. The Morgan fingerprint density at radius 2 is 2.36 bits per heavy atom. The van der Waals surface area contributed by atoms with E-state index in [1.807, 2.05) is 19.0 Å². The van der Waals surface area contributed by atoms with Crippen molar-refractivity contribution in [3.8, 4) is 0 Å². The van der Waals surface area contributed by atoms with E-state index >= 15 is 0 Å². The van der Waals surface area contributed by atoms with Gasteiger partial charge in [-0.1, -0.05) is 0 Å². The molecule has 1 aromatic heterocycles. The standard InChI is InChI=1S/C8H14N4OS/c1-12(2)7-11-14(9,13)8-4-3-5-10-6-8/h3-6H,7H2,1-2H3,(H2,9,11,13). The van der Waals surface area contributed by atoms with E-state index in [1.165, 1.54) is 6.20 Å². The van der Waals surface area contributed by atoms with Gasteiger partial charge in [0.25, 0.3) is 0 Å². The molecular weight excluding hydrogens is 200 g/mol. The highest BCUT2D eigenvalue weighted by Crippen LogP contribution is 2.05. The highest BCUT2D eigenvalue weighted by atomic mass is 32.2. The van der Waals surface area contributed by atoms with E-state index in [0.717, 1.165) is 0 Å². The summed E-state index contributed by atoms with van der Waals surface area (Å²) in [5.74, 6) is 0. The fourth-order valence-electron chi connectivity index (χ4n) is 0.820. The van der Waals surface area contributed by atoms with Crippen LogP contribution in [0, 0.1) is 4.78 Å². The van der Waals surface area contributed by atoms with Gasteiger partial charge in [0.2, 0.25) is 0 Å². The second kappa shape index (κ2) is 4.50. The Morgan fingerprint density at radius 1 is 1.64 bits per heavy atom. The summed E-state index contributed by atoms with van der Waals surface area (Å²) in [5, 5.41) is 0. The summed E-state index contributed by atoms with van der Waals surface area (Å²) < 4.78 is 22.0. The molecule has 0 aromatic carbocycles. The number of nitrogens with zero attached hydrogens (tertiary/aromatic N) is 2. The molecule has 0 aliphatic rings. The second-order valence-corrected chi connectivity index (χ2v) is 5.00. The summed E-state index contributed by atoms with van der Waals surface area (Å²) in [6.07, 6.45) is 3.03. The first kappa shape index (κ1) is 11.1. The lowest BCUT2D eigenvalue weighted by Gasteiger charge is -2.13. The van der Waals surface area contributed by atoms with Crippen molar-refractivity contribution in [2.75, 3.05) is 20.8 Å². The molecular formula is C8H14N4OS. The van der Waals surface area contributed by atoms with Crippen LogP contribution in [0.5, 0.6) is 0 Å². The predicted molar refractivity (Wildman–Crippen MR) is 55.1 cm³/mol. The van der Waals surface area contributed by atoms with Crippen LogP contribution >= 0.6 is 0 Å². The van der Waals surface area contributed by atoms with Gasteiger partial charge in [0, 0.05) is 12.4 Å². The fourth-order valence-corrected chi connectivity index (χ4v) is 1.91. The molecule has 0 spiro atoms. The normalized spacial score (nSPS) is 15.4. The third-order valence-electron chi connectivity index (χ3n) is 1.55. The Kier molecular flexibility index (Phi) is 3.56. The van der Waals surface area contributed by atoms with Crippen molar-refractivity contribution in [1.29, 1.82) is 4.78 Å². The lowest BCUT2D eigenvalue weighted by Crippen LogP contribution is -2.32. The summed E-state index contributed by atoms with van der Waals surface area (Å²) in [6, 6.07) is 3.30. The first-order chi connectivity index (χ1) is 6.52. The molecule has 0 radical (unpaired) electrons. The van der Waals surface area contributed by atoms with Gasteiger partial charge in [-0.3, -0.25) is 9.88 Å². The first-order valence-corrected chi connectivity index (χ1v) is 5.66. The van der Waals surface area contributed by atoms with E-state index in [2.05, 4.69) is 9.71 Å². The minimum absolute atomic E-state index is 0.400. The van der Waals surface area contributed by atoms with E-state index in [-0.39, 0.29) is 0 Å².